The van der Waals surface area contributed by atoms with Gasteiger partial charge < -0.3 is 0 Å². The van der Waals surface area contributed by atoms with Crippen LogP contribution in [0.3, 0.4) is 0 Å². The van der Waals surface area contributed by atoms with Gasteiger partial charge in [-0.25, -0.2) is 0 Å². The Morgan fingerprint density at radius 3 is 2.24 bits per heavy atom. The molecule has 0 fully saturated rings. The number of allylic oxidation sites excluding steroid dienone is 4. The maximum absolute atomic E-state index is 2.52. The average molecular weight is 603 g/mol. The number of rotatable bonds is 3. The third kappa shape index (κ3) is 3.58. The second-order valence-electron chi connectivity index (χ2n) is 12.8. The summed E-state index contributed by atoms with van der Waals surface area (Å²) in [6.07, 6.45) is 10.2. The Kier molecular flexibility index (Phi) is 5.65. The van der Waals surface area contributed by atoms with Gasteiger partial charge in [-0.15, -0.1) is 0 Å². The van der Waals surface area contributed by atoms with E-state index in [1.54, 1.807) is 0 Å². The minimum atomic E-state index is -0.304. The molecule has 216 valence electrons. The molecule has 1 aliphatic heterocycles. The lowest BCUT2D eigenvalue weighted by Gasteiger charge is -2.40. The van der Waals surface area contributed by atoms with Crippen molar-refractivity contribution in [3.05, 3.63) is 181 Å². The Labute approximate surface area is 273 Å². The van der Waals surface area contributed by atoms with Crippen molar-refractivity contribution >= 4 is 33.3 Å². The van der Waals surface area contributed by atoms with Gasteiger partial charge in [-0.2, -0.15) is 0 Å². The van der Waals surface area contributed by atoms with E-state index < -0.39 is 0 Å². The predicted octanol–water partition coefficient (Wildman–Crippen LogP) is 12.2. The fraction of sp³-hybridized carbons (Fsp3) is 0.0667. The van der Waals surface area contributed by atoms with Gasteiger partial charge in [-0.05, 0) is 103 Å². The van der Waals surface area contributed by atoms with Gasteiger partial charge in [0.25, 0.3) is 0 Å². The summed E-state index contributed by atoms with van der Waals surface area (Å²) < 4.78 is 0. The molecule has 0 amide bonds. The third-order valence-corrected chi connectivity index (χ3v) is 11.7. The van der Waals surface area contributed by atoms with E-state index in [9.17, 15) is 0 Å². The summed E-state index contributed by atoms with van der Waals surface area (Å²) >= 11 is 1.89. The predicted molar refractivity (Wildman–Crippen MR) is 195 cm³/mol. The van der Waals surface area contributed by atoms with Gasteiger partial charge in [-0.1, -0.05) is 151 Å². The van der Waals surface area contributed by atoms with Crippen molar-refractivity contribution in [1.82, 2.24) is 0 Å². The third-order valence-electron chi connectivity index (χ3n) is 10.5. The zero-order valence-electron chi connectivity index (χ0n) is 25.3. The fourth-order valence-electron chi connectivity index (χ4n) is 8.57. The molecule has 0 aromatic heterocycles. The molecule has 7 aromatic rings. The van der Waals surface area contributed by atoms with E-state index in [1.807, 2.05) is 11.8 Å². The Hall–Kier alpha value is -5.11. The molecule has 46 heavy (non-hydrogen) atoms. The molecule has 2 unspecified atom stereocenters. The fourth-order valence-corrected chi connectivity index (χ4v) is 9.70. The molecule has 0 bridgehead atoms. The maximum Gasteiger partial charge on any atom is 0.0529 e. The molecule has 1 heterocycles. The van der Waals surface area contributed by atoms with Gasteiger partial charge in [0.05, 0.1) is 5.41 Å². The molecule has 0 nitrogen and oxygen atoms in total. The van der Waals surface area contributed by atoms with Crippen LogP contribution in [-0.2, 0) is 5.41 Å². The highest BCUT2D eigenvalue weighted by atomic mass is 32.2. The Morgan fingerprint density at radius 1 is 0.543 bits per heavy atom. The number of benzene rings is 7. The van der Waals surface area contributed by atoms with Crippen molar-refractivity contribution < 1.29 is 0 Å². The Bertz CT molecular complexity index is 2420. The molecule has 0 N–H and O–H groups in total. The van der Waals surface area contributed by atoms with Gasteiger partial charge >= 0.3 is 0 Å². The lowest BCUT2D eigenvalue weighted by Crippen LogP contribution is -2.35. The van der Waals surface area contributed by atoms with Gasteiger partial charge in [-0.3, -0.25) is 0 Å². The van der Waals surface area contributed by atoms with Gasteiger partial charge in [0.15, 0.2) is 0 Å². The van der Waals surface area contributed by atoms with Crippen molar-refractivity contribution in [3.63, 3.8) is 0 Å². The van der Waals surface area contributed by atoms with Crippen molar-refractivity contribution in [1.29, 1.82) is 0 Å². The van der Waals surface area contributed by atoms with Crippen molar-refractivity contribution in [2.45, 2.75) is 21.6 Å². The quantitative estimate of drug-likeness (QED) is 0.194. The van der Waals surface area contributed by atoms with Gasteiger partial charge in [0.1, 0.15) is 0 Å². The van der Waals surface area contributed by atoms with Crippen LogP contribution < -0.4 is 0 Å². The number of fused-ring (bicyclic) bond motifs is 7. The maximum atomic E-state index is 2.52. The van der Waals surface area contributed by atoms with Crippen LogP contribution >= 0.6 is 11.8 Å². The van der Waals surface area contributed by atoms with E-state index in [1.165, 1.54) is 81.4 Å². The molecule has 2 aliphatic carbocycles. The van der Waals surface area contributed by atoms with Crippen molar-refractivity contribution in [2.24, 2.45) is 5.92 Å². The lowest BCUT2D eigenvalue weighted by molar-refractivity contribution is 0.458. The van der Waals surface area contributed by atoms with Crippen LogP contribution in [0.4, 0.5) is 0 Å². The van der Waals surface area contributed by atoms with Crippen LogP contribution in [0.1, 0.15) is 23.1 Å². The van der Waals surface area contributed by atoms with E-state index in [-0.39, 0.29) is 5.41 Å². The summed E-state index contributed by atoms with van der Waals surface area (Å²) in [6.45, 7) is 0. The first-order chi connectivity index (χ1) is 22.8. The van der Waals surface area contributed by atoms with Gasteiger partial charge in [0.2, 0.25) is 0 Å². The zero-order valence-corrected chi connectivity index (χ0v) is 26.1. The highest BCUT2D eigenvalue weighted by Crippen LogP contribution is 2.60. The molecule has 10 rings (SSSR count). The van der Waals surface area contributed by atoms with E-state index in [2.05, 4.69) is 164 Å². The SMILES string of the molecule is C1=CCC(C2(c3ccccc3)c3cc(-c4ccc5c(c4)-c4cccc6cccc(c46)S5)ccc3-c3c2ccc2ccccc32)C=C1. The zero-order chi connectivity index (χ0) is 30.2. The summed E-state index contributed by atoms with van der Waals surface area (Å²) in [5, 5.41) is 5.31. The summed E-state index contributed by atoms with van der Waals surface area (Å²) in [5.74, 6) is 0.297. The van der Waals surface area contributed by atoms with Crippen LogP contribution in [0.5, 0.6) is 0 Å². The number of hydrogen-bond donors (Lipinski definition) is 0. The minimum absolute atomic E-state index is 0.297. The van der Waals surface area contributed by atoms with Crippen molar-refractivity contribution in [3.8, 4) is 33.4 Å². The number of hydrogen-bond acceptors (Lipinski definition) is 1. The van der Waals surface area contributed by atoms with Crippen LogP contribution in [0.2, 0.25) is 0 Å². The van der Waals surface area contributed by atoms with Crippen LogP contribution in [0, 0.1) is 5.92 Å². The molecule has 1 heteroatoms. The summed E-state index contributed by atoms with van der Waals surface area (Å²) in [5.41, 5.74) is 11.8. The molecule has 0 saturated heterocycles. The largest absolute Gasteiger partial charge is 0.0888 e. The smallest absolute Gasteiger partial charge is 0.0529 e. The second kappa shape index (κ2) is 9.94. The highest BCUT2D eigenvalue weighted by molar-refractivity contribution is 7.99. The van der Waals surface area contributed by atoms with E-state index in [0.717, 1.165) is 6.42 Å². The molecule has 3 aliphatic rings. The Balaban J connectivity index is 1.24. The first-order valence-corrected chi connectivity index (χ1v) is 17.0. The average Bonchev–Trinajstić information content (AvgIpc) is 3.43. The summed E-state index contributed by atoms with van der Waals surface area (Å²) in [7, 11) is 0. The van der Waals surface area contributed by atoms with E-state index in [4.69, 9.17) is 0 Å². The van der Waals surface area contributed by atoms with Crippen molar-refractivity contribution in [2.75, 3.05) is 0 Å². The monoisotopic (exact) mass is 602 g/mol. The first-order valence-electron chi connectivity index (χ1n) is 16.2. The molecule has 2 atom stereocenters. The first kappa shape index (κ1) is 26.1. The molecule has 7 aromatic carbocycles. The van der Waals surface area contributed by atoms with Crippen LogP contribution in [0.25, 0.3) is 54.9 Å². The Morgan fingerprint density at radius 2 is 1.35 bits per heavy atom. The molecule has 0 radical (unpaired) electrons. The van der Waals surface area contributed by atoms with Crippen LogP contribution in [0.15, 0.2) is 174 Å². The van der Waals surface area contributed by atoms with Gasteiger partial charge in [0, 0.05) is 15.2 Å². The van der Waals surface area contributed by atoms with E-state index in [0.29, 0.717) is 5.92 Å². The van der Waals surface area contributed by atoms with E-state index >= 15 is 0 Å². The highest BCUT2D eigenvalue weighted by Gasteiger charge is 2.49. The topological polar surface area (TPSA) is 0 Å². The second-order valence-corrected chi connectivity index (χ2v) is 13.9. The molecule has 0 saturated carbocycles. The van der Waals surface area contributed by atoms with Crippen LogP contribution in [-0.4, -0.2) is 0 Å². The molecule has 0 spiro atoms. The lowest BCUT2D eigenvalue weighted by atomic mass is 9.62. The molecular weight excluding hydrogens is 573 g/mol. The summed E-state index contributed by atoms with van der Waals surface area (Å²) in [6, 6.07) is 52.7. The summed E-state index contributed by atoms with van der Waals surface area (Å²) in [4.78, 5) is 2.67. The minimum Gasteiger partial charge on any atom is -0.0888 e. The molecular formula is C45H30S. The standard InChI is InChI=1S/C45H30S/c1-3-14-33(15-4-1)45(34-16-5-2-6-17-34)39-25-22-29-11-7-8-18-35(29)44(39)37-24-21-32(28-40(37)45)31-23-26-41-38(27-31)36-19-9-12-30-13-10-20-42(46-41)43(30)36/h1-16,18-28,34H,17H2. The normalized spacial score (nSPS) is 18.8.